The second kappa shape index (κ2) is 11.6. The molecule has 11 heteroatoms. The van der Waals surface area contributed by atoms with E-state index in [1.54, 1.807) is 24.7 Å². The summed E-state index contributed by atoms with van der Waals surface area (Å²) in [5.74, 6) is 0.544. The third-order valence-corrected chi connectivity index (χ3v) is 9.09. The van der Waals surface area contributed by atoms with E-state index in [0.29, 0.717) is 28.9 Å². The molecule has 0 unspecified atom stereocenters. The van der Waals surface area contributed by atoms with E-state index in [2.05, 4.69) is 25.2 Å². The van der Waals surface area contributed by atoms with Gasteiger partial charge < -0.3 is 29.7 Å². The number of benzene rings is 2. The number of imidazole rings is 1. The molecule has 0 bridgehead atoms. The zero-order valence-corrected chi connectivity index (χ0v) is 25.0. The molecule has 1 saturated carbocycles. The number of nitrogens with one attached hydrogen (secondary N) is 3. The Kier molecular flexibility index (Phi) is 7.39. The maximum Gasteiger partial charge on any atom is 0.251 e. The van der Waals surface area contributed by atoms with Crippen LogP contribution in [0.4, 0.5) is 5.13 Å². The van der Waals surface area contributed by atoms with Crippen LogP contribution in [0.25, 0.3) is 33.3 Å². The number of furan rings is 1. The van der Waals surface area contributed by atoms with Crippen molar-refractivity contribution in [1.82, 2.24) is 24.8 Å². The van der Waals surface area contributed by atoms with Crippen LogP contribution >= 0.6 is 11.3 Å². The van der Waals surface area contributed by atoms with Crippen LogP contribution in [0.15, 0.2) is 71.0 Å². The Morgan fingerprint density at radius 3 is 2.80 bits per heavy atom. The highest BCUT2D eigenvalue weighted by molar-refractivity contribution is 7.13. The Balaban J connectivity index is 1.22. The highest BCUT2D eigenvalue weighted by Crippen LogP contribution is 2.36. The number of thiazole rings is 1. The van der Waals surface area contributed by atoms with Gasteiger partial charge in [0, 0.05) is 47.4 Å². The number of carbonyl (C=O) groups is 2. The minimum Gasteiger partial charge on any atom is -0.508 e. The first-order valence-corrected chi connectivity index (χ1v) is 15.7. The summed E-state index contributed by atoms with van der Waals surface area (Å²) >= 11 is 1.30. The summed E-state index contributed by atoms with van der Waals surface area (Å²) in [6.07, 6.45) is 11.5. The molecule has 1 aliphatic carbocycles. The SMILES string of the molecule is CC(=O)Nc1nc([C@H](Cc2c[nH]c3ccc(O)cc23)NC(=O)c2ccc3c(c2)nc(-c2ccoc2)n3C2CCCCC2)cs1. The molecule has 0 saturated heterocycles. The molecule has 4 heterocycles. The molecule has 7 rings (SSSR count). The van der Waals surface area contributed by atoms with Crippen LogP contribution in [-0.2, 0) is 11.2 Å². The van der Waals surface area contributed by atoms with E-state index < -0.39 is 6.04 Å². The van der Waals surface area contributed by atoms with Gasteiger partial charge in [-0.3, -0.25) is 9.59 Å². The molecule has 2 aromatic carbocycles. The van der Waals surface area contributed by atoms with E-state index in [-0.39, 0.29) is 17.6 Å². The molecule has 4 N–H and O–H groups in total. The summed E-state index contributed by atoms with van der Waals surface area (Å²) in [5, 5.41) is 19.2. The van der Waals surface area contributed by atoms with Gasteiger partial charge in [0.05, 0.1) is 34.6 Å². The lowest BCUT2D eigenvalue weighted by Crippen LogP contribution is -2.30. The van der Waals surface area contributed by atoms with Crippen LogP contribution in [-0.4, -0.2) is 36.4 Å². The van der Waals surface area contributed by atoms with Crippen molar-refractivity contribution in [3.8, 4) is 17.1 Å². The van der Waals surface area contributed by atoms with Crippen molar-refractivity contribution < 1.29 is 19.1 Å². The van der Waals surface area contributed by atoms with Crippen molar-refractivity contribution in [3.05, 3.63) is 83.4 Å². The van der Waals surface area contributed by atoms with E-state index in [9.17, 15) is 14.7 Å². The molecule has 1 aliphatic rings. The molecular formula is C33H32N6O4S. The maximum atomic E-state index is 13.8. The van der Waals surface area contributed by atoms with Crippen LogP contribution < -0.4 is 10.6 Å². The fourth-order valence-corrected chi connectivity index (χ4v) is 7.03. The van der Waals surface area contributed by atoms with Crippen molar-refractivity contribution in [2.24, 2.45) is 0 Å². The molecule has 224 valence electrons. The van der Waals surface area contributed by atoms with Crippen molar-refractivity contribution in [1.29, 1.82) is 0 Å². The number of phenolic OH excluding ortho intramolecular Hbond substituents is 1. The number of nitrogens with zero attached hydrogens (tertiary/aromatic N) is 3. The lowest BCUT2D eigenvalue weighted by Gasteiger charge is -2.25. The first kappa shape index (κ1) is 27.9. The Labute approximate surface area is 257 Å². The number of hydrogen-bond donors (Lipinski definition) is 4. The predicted octanol–water partition coefficient (Wildman–Crippen LogP) is 7.12. The molecule has 44 heavy (non-hydrogen) atoms. The Morgan fingerprint density at radius 2 is 2.00 bits per heavy atom. The molecule has 0 spiro atoms. The molecule has 10 nitrogen and oxygen atoms in total. The summed E-state index contributed by atoms with van der Waals surface area (Å²) in [6.45, 7) is 1.43. The molecule has 0 aliphatic heterocycles. The molecule has 0 radical (unpaired) electrons. The lowest BCUT2D eigenvalue weighted by atomic mass is 9.95. The fraction of sp³-hybridized carbons (Fsp3) is 0.273. The van der Waals surface area contributed by atoms with Gasteiger partial charge in [-0.1, -0.05) is 19.3 Å². The Hall–Kier alpha value is -4.90. The van der Waals surface area contributed by atoms with Crippen LogP contribution in [0.1, 0.15) is 72.7 Å². The van der Waals surface area contributed by atoms with E-state index >= 15 is 0 Å². The van der Waals surface area contributed by atoms with Gasteiger partial charge in [-0.05, 0) is 60.9 Å². The highest BCUT2D eigenvalue weighted by Gasteiger charge is 2.25. The maximum absolute atomic E-state index is 13.8. The number of aromatic nitrogens is 4. The van der Waals surface area contributed by atoms with Gasteiger partial charge in [0.15, 0.2) is 5.13 Å². The minimum atomic E-state index is -0.500. The average Bonchev–Trinajstić information content (AvgIpc) is 3.83. The second-order valence-corrected chi connectivity index (χ2v) is 12.2. The summed E-state index contributed by atoms with van der Waals surface area (Å²) in [6, 6.07) is 12.6. The Morgan fingerprint density at radius 1 is 1.14 bits per heavy atom. The molecule has 1 atom stereocenters. The largest absolute Gasteiger partial charge is 0.508 e. The number of anilines is 1. The Bertz CT molecular complexity index is 1960. The highest BCUT2D eigenvalue weighted by atomic mass is 32.1. The number of phenols is 1. The number of carbonyl (C=O) groups excluding carboxylic acids is 2. The standard InChI is InChI=1S/C33H32N6O4S/c1-19(40)35-33-38-29(18-44-33)27(14-22-16-34-26-9-8-24(41)15-25(22)26)37-32(42)20-7-10-30-28(13-20)36-31(21-11-12-43-17-21)39(30)23-5-3-2-4-6-23/h7-13,15-18,23,27,34,41H,2-6,14H2,1H3,(H,37,42)(H,35,38,40)/t27-/m0/s1. The average molecular weight is 609 g/mol. The topological polar surface area (TPSA) is 138 Å². The molecule has 2 amide bonds. The van der Waals surface area contributed by atoms with Gasteiger partial charge in [0.25, 0.3) is 5.91 Å². The first-order valence-electron chi connectivity index (χ1n) is 14.8. The third-order valence-electron chi connectivity index (χ3n) is 8.31. The number of fused-ring (bicyclic) bond motifs is 2. The van der Waals surface area contributed by atoms with Gasteiger partial charge in [0.2, 0.25) is 5.91 Å². The van der Waals surface area contributed by atoms with Crippen molar-refractivity contribution in [2.45, 2.75) is 57.5 Å². The third kappa shape index (κ3) is 5.46. The number of hydrogen-bond acceptors (Lipinski definition) is 7. The van der Waals surface area contributed by atoms with E-state index in [1.807, 2.05) is 41.9 Å². The minimum absolute atomic E-state index is 0.163. The van der Waals surface area contributed by atoms with E-state index in [0.717, 1.165) is 51.7 Å². The molecule has 4 aromatic heterocycles. The number of aromatic hydroxyl groups is 1. The monoisotopic (exact) mass is 608 g/mol. The summed E-state index contributed by atoms with van der Waals surface area (Å²) < 4.78 is 7.71. The zero-order valence-electron chi connectivity index (χ0n) is 24.2. The van der Waals surface area contributed by atoms with E-state index in [1.165, 1.54) is 37.5 Å². The molecule has 6 aromatic rings. The van der Waals surface area contributed by atoms with E-state index in [4.69, 9.17) is 9.40 Å². The lowest BCUT2D eigenvalue weighted by molar-refractivity contribution is -0.114. The second-order valence-electron chi connectivity index (χ2n) is 11.3. The van der Waals surface area contributed by atoms with Crippen LogP contribution in [0, 0.1) is 0 Å². The first-order chi connectivity index (χ1) is 21.4. The number of H-pyrrole nitrogens is 1. The number of rotatable bonds is 8. The van der Waals surface area contributed by atoms with Crippen LogP contribution in [0.2, 0.25) is 0 Å². The van der Waals surface area contributed by atoms with Gasteiger partial charge >= 0.3 is 0 Å². The number of aromatic amines is 1. The molecular weight excluding hydrogens is 576 g/mol. The van der Waals surface area contributed by atoms with Gasteiger partial charge in [0.1, 0.15) is 17.8 Å². The fourth-order valence-electron chi connectivity index (χ4n) is 6.22. The van der Waals surface area contributed by atoms with Gasteiger partial charge in [-0.2, -0.15) is 0 Å². The zero-order chi connectivity index (χ0) is 30.2. The smallest absolute Gasteiger partial charge is 0.251 e. The summed E-state index contributed by atoms with van der Waals surface area (Å²) in [4.78, 5) is 38.3. The van der Waals surface area contributed by atoms with Gasteiger partial charge in [-0.25, -0.2) is 9.97 Å². The number of amides is 2. The van der Waals surface area contributed by atoms with Crippen molar-refractivity contribution in [3.63, 3.8) is 0 Å². The molecule has 1 fully saturated rings. The summed E-state index contributed by atoms with van der Waals surface area (Å²) in [7, 11) is 0. The normalized spacial score (nSPS) is 14.7. The predicted molar refractivity (Wildman–Crippen MR) is 170 cm³/mol. The van der Waals surface area contributed by atoms with Gasteiger partial charge in [-0.15, -0.1) is 11.3 Å². The quantitative estimate of drug-likeness (QED) is 0.145. The van der Waals surface area contributed by atoms with Crippen molar-refractivity contribution >= 4 is 50.2 Å². The summed E-state index contributed by atoms with van der Waals surface area (Å²) in [5.41, 5.74) is 5.59. The van der Waals surface area contributed by atoms with Crippen LogP contribution in [0.3, 0.4) is 0 Å². The van der Waals surface area contributed by atoms with Crippen LogP contribution in [0.5, 0.6) is 5.75 Å². The van der Waals surface area contributed by atoms with Crippen molar-refractivity contribution in [2.75, 3.05) is 5.32 Å².